The van der Waals surface area contributed by atoms with Crippen LogP contribution >= 0.6 is 0 Å². The topological polar surface area (TPSA) is 18.5 Å². The Balaban J connectivity index is 4.03. The van der Waals surface area contributed by atoms with Crippen LogP contribution in [0.25, 0.3) is 0 Å². The summed E-state index contributed by atoms with van der Waals surface area (Å²) in [4.78, 5) is 0. The standard InChI is InChI=1S/C16H32NO2/c1-6-8-10-12-18-15-16(14-17(3,4)5)19-13-11-9-7-2/h8-11,16H,6-7,12-15H2,1-5H3/q+1/b10-8-,11-9-. The van der Waals surface area contributed by atoms with E-state index in [1.807, 2.05) is 0 Å². The van der Waals surface area contributed by atoms with E-state index in [2.05, 4.69) is 59.3 Å². The molecule has 1 unspecified atom stereocenters. The molecule has 0 radical (unpaired) electrons. The van der Waals surface area contributed by atoms with Gasteiger partial charge in [0.15, 0.2) is 0 Å². The number of quaternary nitrogens is 1. The molecule has 0 saturated heterocycles. The molecule has 0 aromatic carbocycles. The molecule has 3 nitrogen and oxygen atoms in total. The van der Waals surface area contributed by atoms with Gasteiger partial charge in [0.1, 0.15) is 12.6 Å². The molecule has 0 spiro atoms. The van der Waals surface area contributed by atoms with Gasteiger partial charge in [0.25, 0.3) is 0 Å². The maximum Gasteiger partial charge on any atom is 0.130 e. The smallest absolute Gasteiger partial charge is 0.130 e. The van der Waals surface area contributed by atoms with Crippen LogP contribution in [0.5, 0.6) is 0 Å². The normalized spacial score (nSPS) is 14.6. The highest BCUT2D eigenvalue weighted by Gasteiger charge is 2.18. The van der Waals surface area contributed by atoms with E-state index in [4.69, 9.17) is 9.47 Å². The van der Waals surface area contributed by atoms with Crippen LogP contribution < -0.4 is 0 Å². The lowest BCUT2D eigenvalue weighted by Crippen LogP contribution is -2.44. The number of allylic oxidation sites excluding steroid dienone is 2. The first-order valence-corrected chi connectivity index (χ1v) is 7.29. The van der Waals surface area contributed by atoms with Crippen LogP contribution in [0.15, 0.2) is 24.3 Å². The van der Waals surface area contributed by atoms with E-state index >= 15 is 0 Å². The fourth-order valence-corrected chi connectivity index (χ4v) is 1.69. The predicted molar refractivity (Wildman–Crippen MR) is 82.3 cm³/mol. The summed E-state index contributed by atoms with van der Waals surface area (Å²) in [6.45, 7) is 7.21. The van der Waals surface area contributed by atoms with Gasteiger partial charge in [0.05, 0.1) is 41.0 Å². The van der Waals surface area contributed by atoms with Crippen molar-refractivity contribution in [2.45, 2.75) is 32.8 Å². The molecule has 0 aliphatic heterocycles. The van der Waals surface area contributed by atoms with Gasteiger partial charge < -0.3 is 14.0 Å². The molecule has 0 heterocycles. The van der Waals surface area contributed by atoms with Crippen molar-refractivity contribution in [1.82, 2.24) is 0 Å². The number of ether oxygens (including phenoxy) is 2. The van der Waals surface area contributed by atoms with Crippen molar-refractivity contribution in [2.75, 3.05) is 47.5 Å². The Labute approximate surface area is 119 Å². The van der Waals surface area contributed by atoms with E-state index in [0.717, 1.165) is 23.9 Å². The van der Waals surface area contributed by atoms with Gasteiger partial charge in [-0.05, 0) is 12.8 Å². The zero-order valence-corrected chi connectivity index (χ0v) is 13.4. The average Bonchev–Trinajstić information content (AvgIpc) is 2.32. The highest BCUT2D eigenvalue weighted by molar-refractivity contribution is 4.81. The van der Waals surface area contributed by atoms with E-state index < -0.39 is 0 Å². The quantitative estimate of drug-likeness (QED) is 0.326. The second-order valence-electron chi connectivity index (χ2n) is 5.73. The second kappa shape index (κ2) is 11.2. The summed E-state index contributed by atoms with van der Waals surface area (Å²) in [6.07, 6.45) is 10.7. The molecule has 0 N–H and O–H groups in total. The monoisotopic (exact) mass is 270 g/mol. The minimum atomic E-state index is 0.150. The molecule has 0 aromatic rings. The maximum absolute atomic E-state index is 5.88. The first-order chi connectivity index (χ1) is 8.99. The Kier molecular flexibility index (Phi) is 10.8. The van der Waals surface area contributed by atoms with E-state index in [9.17, 15) is 0 Å². The third-order valence-electron chi connectivity index (χ3n) is 2.50. The molecule has 0 bridgehead atoms. The minimum absolute atomic E-state index is 0.150. The van der Waals surface area contributed by atoms with Crippen molar-refractivity contribution in [1.29, 1.82) is 0 Å². The van der Waals surface area contributed by atoms with Crippen molar-refractivity contribution in [3.8, 4) is 0 Å². The third kappa shape index (κ3) is 13.6. The van der Waals surface area contributed by atoms with Crippen LogP contribution in [0, 0.1) is 0 Å². The summed E-state index contributed by atoms with van der Waals surface area (Å²) in [5.74, 6) is 0. The van der Waals surface area contributed by atoms with Crippen LogP contribution in [0.2, 0.25) is 0 Å². The third-order valence-corrected chi connectivity index (χ3v) is 2.50. The van der Waals surface area contributed by atoms with Crippen molar-refractivity contribution in [3.05, 3.63) is 24.3 Å². The van der Waals surface area contributed by atoms with Crippen LogP contribution in [-0.2, 0) is 9.47 Å². The summed E-state index contributed by atoms with van der Waals surface area (Å²) >= 11 is 0. The summed E-state index contributed by atoms with van der Waals surface area (Å²) in [7, 11) is 6.53. The molecule has 0 rings (SSSR count). The zero-order valence-electron chi connectivity index (χ0n) is 13.4. The Bertz CT molecular complexity index is 254. The largest absolute Gasteiger partial charge is 0.374 e. The number of nitrogens with zero attached hydrogens (tertiary/aromatic N) is 1. The van der Waals surface area contributed by atoms with E-state index in [-0.39, 0.29) is 6.10 Å². The van der Waals surface area contributed by atoms with Crippen LogP contribution in [0.4, 0.5) is 0 Å². The van der Waals surface area contributed by atoms with Gasteiger partial charge in [-0.3, -0.25) is 0 Å². The summed E-state index contributed by atoms with van der Waals surface area (Å²) in [5.41, 5.74) is 0. The van der Waals surface area contributed by atoms with Gasteiger partial charge >= 0.3 is 0 Å². The molecule has 0 fully saturated rings. The van der Waals surface area contributed by atoms with Crippen molar-refractivity contribution >= 4 is 0 Å². The maximum atomic E-state index is 5.88. The van der Waals surface area contributed by atoms with E-state index in [1.165, 1.54) is 0 Å². The fraction of sp³-hybridized carbons (Fsp3) is 0.750. The Morgan fingerprint density at radius 1 is 0.895 bits per heavy atom. The molecular weight excluding hydrogens is 238 g/mol. The second-order valence-corrected chi connectivity index (χ2v) is 5.73. The SMILES string of the molecule is CC/C=C\COCC(C[N+](C)(C)C)OC/C=C\CC. The van der Waals surface area contributed by atoms with Crippen LogP contribution in [-0.4, -0.2) is 58.1 Å². The number of hydrogen-bond donors (Lipinski definition) is 0. The minimum Gasteiger partial charge on any atom is -0.374 e. The number of likely N-dealkylation sites (N-methyl/N-ethyl adjacent to an activating group) is 1. The molecule has 112 valence electrons. The predicted octanol–water partition coefficient (Wildman–Crippen LogP) is 3.03. The Morgan fingerprint density at radius 3 is 2.00 bits per heavy atom. The zero-order chi connectivity index (χ0) is 14.6. The highest BCUT2D eigenvalue weighted by Crippen LogP contribution is 2.02. The highest BCUT2D eigenvalue weighted by atomic mass is 16.5. The van der Waals surface area contributed by atoms with Gasteiger partial charge in [-0.15, -0.1) is 0 Å². The molecule has 0 aromatic heterocycles. The van der Waals surface area contributed by atoms with Gasteiger partial charge in [-0.25, -0.2) is 0 Å². The van der Waals surface area contributed by atoms with Crippen molar-refractivity contribution < 1.29 is 14.0 Å². The van der Waals surface area contributed by atoms with E-state index in [0.29, 0.717) is 19.8 Å². The molecule has 19 heavy (non-hydrogen) atoms. The van der Waals surface area contributed by atoms with Crippen molar-refractivity contribution in [3.63, 3.8) is 0 Å². The summed E-state index contributed by atoms with van der Waals surface area (Å²) < 4.78 is 12.4. The molecular formula is C16H32NO2+. The average molecular weight is 270 g/mol. The molecule has 0 aliphatic carbocycles. The molecule has 0 amide bonds. The lowest BCUT2D eigenvalue weighted by molar-refractivity contribution is -0.873. The van der Waals surface area contributed by atoms with Gasteiger partial charge in [0.2, 0.25) is 0 Å². The first-order valence-electron chi connectivity index (χ1n) is 7.29. The molecule has 0 saturated carbocycles. The van der Waals surface area contributed by atoms with Gasteiger partial charge in [0, 0.05) is 0 Å². The number of hydrogen-bond acceptors (Lipinski definition) is 2. The van der Waals surface area contributed by atoms with Crippen molar-refractivity contribution in [2.24, 2.45) is 0 Å². The van der Waals surface area contributed by atoms with Gasteiger partial charge in [-0.2, -0.15) is 0 Å². The lowest BCUT2D eigenvalue weighted by Gasteiger charge is -2.28. The summed E-state index contributed by atoms with van der Waals surface area (Å²) in [5, 5.41) is 0. The molecule has 3 heteroatoms. The van der Waals surface area contributed by atoms with Gasteiger partial charge in [-0.1, -0.05) is 38.2 Å². The van der Waals surface area contributed by atoms with Crippen LogP contribution in [0.3, 0.4) is 0 Å². The number of rotatable bonds is 11. The van der Waals surface area contributed by atoms with Crippen LogP contribution in [0.1, 0.15) is 26.7 Å². The molecule has 1 atom stereocenters. The van der Waals surface area contributed by atoms with E-state index in [1.54, 1.807) is 0 Å². The summed E-state index contributed by atoms with van der Waals surface area (Å²) in [6, 6.07) is 0. The first kappa shape index (κ1) is 18.4. The lowest BCUT2D eigenvalue weighted by atomic mass is 10.3. The Morgan fingerprint density at radius 2 is 1.47 bits per heavy atom. The molecule has 0 aliphatic rings. The fourth-order valence-electron chi connectivity index (χ4n) is 1.69. The Hall–Kier alpha value is -0.640.